The van der Waals surface area contributed by atoms with E-state index >= 15 is 0 Å². The van der Waals surface area contributed by atoms with Gasteiger partial charge in [-0.2, -0.15) is 5.26 Å². The Bertz CT molecular complexity index is 852. The third-order valence-corrected chi connectivity index (χ3v) is 4.48. The van der Waals surface area contributed by atoms with Crippen molar-refractivity contribution in [2.24, 2.45) is 0 Å². The number of furan rings is 1. The third kappa shape index (κ3) is 3.50. The van der Waals surface area contributed by atoms with Crippen molar-refractivity contribution < 1.29 is 4.42 Å². The first kappa shape index (κ1) is 16.3. The van der Waals surface area contributed by atoms with Crippen molar-refractivity contribution in [3.63, 3.8) is 0 Å². The topological polar surface area (TPSA) is 40.2 Å². The van der Waals surface area contributed by atoms with Crippen LogP contribution in [0.2, 0.25) is 0 Å². The summed E-state index contributed by atoms with van der Waals surface area (Å²) in [6.45, 7) is 7.53. The van der Waals surface area contributed by atoms with Gasteiger partial charge in [-0.25, -0.2) is 0 Å². The van der Waals surface area contributed by atoms with Gasteiger partial charge in [-0.3, -0.25) is 0 Å². The van der Waals surface area contributed by atoms with Gasteiger partial charge in [0.15, 0.2) is 0 Å². The fraction of sp³-hybridized carbons (Fsp3) is 0.286. The monoisotopic (exact) mass is 318 g/mol. The molecular formula is C21H22N2O. The lowest BCUT2D eigenvalue weighted by Gasteiger charge is -2.16. The second-order valence-electron chi connectivity index (χ2n) is 5.93. The van der Waals surface area contributed by atoms with E-state index in [-0.39, 0.29) is 0 Å². The van der Waals surface area contributed by atoms with Crippen molar-refractivity contribution in [2.75, 3.05) is 19.6 Å². The maximum absolute atomic E-state index is 8.90. The molecule has 0 fully saturated rings. The highest BCUT2D eigenvalue weighted by molar-refractivity contribution is 5.84. The Kier molecular flexibility index (Phi) is 4.98. The molecule has 24 heavy (non-hydrogen) atoms. The van der Waals surface area contributed by atoms with Crippen LogP contribution in [-0.2, 0) is 6.42 Å². The molecule has 1 heterocycles. The Hall–Kier alpha value is -2.57. The van der Waals surface area contributed by atoms with E-state index < -0.39 is 0 Å². The Morgan fingerprint density at radius 1 is 0.958 bits per heavy atom. The van der Waals surface area contributed by atoms with Gasteiger partial charge in [-0.1, -0.05) is 32.0 Å². The number of nitriles is 1. The van der Waals surface area contributed by atoms with Crippen molar-refractivity contribution in [2.45, 2.75) is 20.3 Å². The minimum atomic E-state index is 0.682. The lowest BCUT2D eigenvalue weighted by atomic mass is 10.0. The van der Waals surface area contributed by atoms with Crippen LogP contribution in [0.15, 0.2) is 52.9 Å². The van der Waals surface area contributed by atoms with Gasteiger partial charge in [0.25, 0.3) is 0 Å². The zero-order valence-corrected chi connectivity index (χ0v) is 14.2. The van der Waals surface area contributed by atoms with Crippen molar-refractivity contribution >= 4 is 11.0 Å². The average molecular weight is 318 g/mol. The highest BCUT2D eigenvalue weighted by atomic mass is 16.3. The number of nitrogens with zero attached hydrogens (tertiary/aromatic N) is 2. The summed E-state index contributed by atoms with van der Waals surface area (Å²) in [5.41, 5.74) is 3.87. The molecule has 0 bridgehead atoms. The number of rotatable bonds is 6. The number of hydrogen-bond acceptors (Lipinski definition) is 3. The van der Waals surface area contributed by atoms with Crippen LogP contribution in [-0.4, -0.2) is 24.5 Å². The van der Waals surface area contributed by atoms with Crippen LogP contribution >= 0.6 is 0 Å². The summed E-state index contributed by atoms with van der Waals surface area (Å²) in [6, 6.07) is 18.2. The Morgan fingerprint density at radius 2 is 1.67 bits per heavy atom. The molecule has 0 saturated heterocycles. The summed E-state index contributed by atoms with van der Waals surface area (Å²) >= 11 is 0. The van der Waals surface area contributed by atoms with Gasteiger partial charge in [0.1, 0.15) is 11.3 Å². The molecule has 0 spiro atoms. The van der Waals surface area contributed by atoms with Gasteiger partial charge in [-0.05, 0) is 54.5 Å². The van der Waals surface area contributed by atoms with Crippen LogP contribution in [0.5, 0.6) is 0 Å². The lowest BCUT2D eigenvalue weighted by Crippen LogP contribution is -2.25. The van der Waals surface area contributed by atoms with Gasteiger partial charge in [0.2, 0.25) is 0 Å². The van der Waals surface area contributed by atoms with E-state index in [1.165, 1.54) is 0 Å². The minimum absolute atomic E-state index is 0.682. The first-order valence-corrected chi connectivity index (χ1v) is 8.49. The summed E-state index contributed by atoms with van der Waals surface area (Å²) in [4.78, 5) is 2.40. The zero-order chi connectivity index (χ0) is 16.9. The summed E-state index contributed by atoms with van der Waals surface area (Å²) in [5.74, 6) is 1.04. The van der Waals surface area contributed by atoms with Gasteiger partial charge >= 0.3 is 0 Å². The zero-order valence-electron chi connectivity index (χ0n) is 14.2. The predicted octanol–water partition coefficient (Wildman–Crippen LogP) is 4.86. The van der Waals surface area contributed by atoms with Crippen LogP contribution in [0.3, 0.4) is 0 Å². The molecule has 2 aromatic carbocycles. The van der Waals surface area contributed by atoms with Gasteiger partial charge in [0.05, 0.1) is 11.6 Å². The number of hydrogen-bond donors (Lipinski definition) is 0. The molecule has 0 aliphatic carbocycles. The van der Waals surface area contributed by atoms with Crippen molar-refractivity contribution in [1.82, 2.24) is 4.90 Å². The molecule has 0 aliphatic rings. The molecule has 3 nitrogen and oxygen atoms in total. The normalized spacial score (nSPS) is 11.1. The third-order valence-electron chi connectivity index (χ3n) is 4.48. The molecular weight excluding hydrogens is 296 g/mol. The molecule has 0 amide bonds. The Labute approximate surface area is 143 Å². The SMILES string of the molecule is CCN(CC)CCc1cc2cc(-c3ccc(C#N)cc3)ccc2o1. The van der Waals surface area contributed by atoms with Crippen LogP contribution in [0.4, 0.5) is 0 Å². The smallest absolute Gasteiger partial charge is 0.134 e. The first-order chi connectivity index (χ1) is 11.7. The van der Waals surface area contributed by atoms with E-state index in [9.17, 15) is 0 Å². The highest BCUT2D eigenvalue weighted by Gasteiger charge is 2.08. The van der Waals surface area contributed by atoms with Crippen LogP contribution in [0, 0.1) is 11.3 Å². The number of fused-ring (bicyclic) bond motifs is 1. The first-order valence-electron chi connectivity index (χ1n) is 8.49. The Morgan fingerprint density at radius 3 is 2.33 bits per heavy atom. The van der Waals surface area contributed by atoms with E-state index in [4.69, 9.17) is 9.68 Å². The van der Waals surface area contributed by atoms with E-state index in [2.05, 4.69) is 43.0 Å². The molecule has 0 aliphatic heterocycles. The summed E-state index contributed by atoms with van der Waals surface area (Å²) in [7, 11) is 0. The lowest BCUT2D eigenvalue weighted by molar-refractivity contribution is 0.300. The second kappa shape index (κ2) is 7.33. The summed E-state index contributed by atoms with van der Waals surface area (Å²) in [6.07, 6.45) is 0.933. The average Bonchev–Trinajstić information content (AvgIpc) is 3.04. The summed E-state index contributed by atoms with van der Waals surface area (Å²) in [5, 5.41) is 10.0. The molecule has 0 atom stereocenters. The fourth-order valence-corrected chi connectivity index (χ4v) is 2.95. The van der Waals surface area contributed by atoms with E-state index in [0.717, 1.165) is 53.9 Å². The van der Waals surface area contributed by atoms with Gasteiger partial charge in [0, 0.05) is 18.4 Å². The maximum atomic E-state index is 8.90. The van der Waals surface area contributed by atoms with E-state index in [1.807, 2.05) is 30.3 Å². The Balaban J connectivity index is 1.82. The van der Waals surface area contributed by atoms with Crippen molar-refractivity contribution in [1.29, 1.82) is 5.26 Å². The largest absolute Gasteiger partial charge is 0.461 e. The van der Waals surface area contributed by atoms with Crippen LogP contribution in [0.25, 0.3) is 22.1 Å². The molecule has 3 aromatic rings. The van der Waals surface area contributed by atoms with E-state index in [0.29, 0.717) is 5.56 Å². The van der Waals surface area contributed by atoms with Crippen LogP contribution in [0.1, 0.15) is 25.2 Å². The fourth-order valence-electron chi connectivity index (χ4n) is 2.95. The summed E-state index contributed by atoms with van der Waals surface area (Å²) < 4.78 is 5.97. The van der Waals surface area contributed by atoms with Crippen LogP contribution < -0.4 is 0 Å². The van der Waals surface area contributed by atoms with Gasteiger partial charge in [-0.15, -0.1) is 0 Å². The molecule has 0 saturated carbocycles. The standard InChI is InChI=1S/C21H22N2O/c1-3-23(4-2)12-11-20-14-19-13-18(9-10-21(19)24-20)17-7-5-16(15-22)6-8-17/h5-10,13-14H,3-4,11-12H2,1-2H3. The number of likely N-dealkylation sites (N-methyl/N-ethyl adjacent to an activating group) is 1. The van der Waals surface area contributed by atoms with Crippen molar-refractivity contribution in [3.8, 4) is 17.2 Å². The minimum Gasteiger partial charge on any atom is -0.461 e. The maximum Gasteiger partial charge on any atom is 0.134 e. The molecule has 0 unspecified atom stereocenters. The predicted molar refractivity (Wildman–Crippen MR) is 97.9 cm³/mol. The molecule has 0 N–H and O–H groups in total. The number of benzene rings is 2. The molecule has 3 rings (SSSR count). The molecule has 122 valence electrons. The van der Waals surface area contributed by atoms with Gasteiger partial charge < -0.3 is 9.32 Å². The highest BCUT2D eigenvalue weighted by Crippen LogP contribution is 2.27. The molecule has 3 heteroatoms. The quantitative estimate of drug-likeness (QED) is 0.652. The molecule has 0 radical (unpaired) electrons. The molecule has 1 aromatic heterocycles. The van der Waals surface area contributed by atoms with Crippen molar-refractivity contribution in [3.05, 3.63) is 59.9 Å². The second-order valence-corrected chi connectivity index (χ2v) is 5.93. The van der Waals surface area contributed by atoms with E-state index in [1.54, 1.807) is 0 Å².